The van der Waals surface area contributed by atoms with Gasteiger partial charge in [-0.15, -0.1) is 11.8 Å². The van der Waals surface area contributed by atoms with Crippen molar-refractivity contribution in [3.05, 3.63) is 0 Å². The van der Waals surface area contributed by atoms with E-state index in [1.165, 1.54) is 0 Å². The van der Waals surface area contributed by atoms with Gasteiger partial charge in [0.2, 0.25) is 17.7 Å². The fourth-order valence-electron chi connectivity index (χ4n) is 2.05. The van der Waals surface area contributed by atoms with Crippen molar-refractivity contribution >= 4 is 29.5 Å². The average molecular weight is 343 g/mol. The number of nitrogens with zero attached hydrogens (tertiary/aromatic N) is 1. The molecule has 1 rings (SSSR count). The van der Waals surface area contributed by atoms with Gasteiger partial charge in [0, 0.05) is 29.7 Å². The van der Waals surface area contributed by atoms with Crippen LogP contribution in [0.3, 0.4) is 0 Å². The molecular formula is C16H29N3O3S. The Morgan fingerprint density at radius 2 is 1.74 bits per heavy atom. The van der Waals surface area contributed by atoms with Crippen molar-refractivity contribution in [2.75, 3.05) is 18.2 Å². The van der Waals surface area contributed by atoms with E-state index < -0.39 is 11.5 Å². The maximum Gasteiger partial charge on any atom is 0.244 e. The molecule has 1 aliphatic heterocycles. The van der Waals surface area contributed by atoms with Gasteiger partial charge in [-0.1, -0.05) is 20.8 Å². The second-order valence-electron chi connectivity index (χ2n) is 7.87. The Kier molecular flexibility index (Phi) is 6.50. The van der Waals surface area contributed by atoms with Crippen molar-refractivity contribution in [1.82, 2.24) is 15.5 Å². The lowest BCUT2D eigenvalue weighted by molar-refractivity contribution is -0.138. The molecule has 0 aromatic heterocycles. The lowest BCUT2D eigenvalue weighted by Crippen LogP contribution is -2.52. The molecule has 6 nitrogen and oxygen atoms in total. The zero-order valence-corrected chi connectivity index (χ0v) is 15.8. The monoisotopic (exact) mass is 343 g/mol. The van der Waals surface area contributed by atoms with Crippen LogP contribution in [0.25, 0.3) is 0 Å². The highest BCUT2D eigenvalue weighted by atomic mass is 32.2. The highest BCUT2D eigenvalue weighted by Crippen LogP contribution is 2.22. The molecule has 0 aromatic rings. The van der Waals surface area contributed by atoms with Crippen molar-refractivity contribution < 1.29 is 14.4 Å². The number of carbonyl (C=O) groups excluding carboxylic acids is 3. The molecule has 1 atom stereocenters. The topological polar surface area (TPSA) is 78.5 Å². The number of hydrogen-bond acceptors (Lipinski definition) is 4. The van der Waals surface area contributed by atoms with E-state index in [9.17, 15) is 14.4 Å². The zero-order chi connectivity index (χ0) is 17.8. The Balaban J connectivity index is 2.52. The summed E-state index contributed by atoms with van der Waals surface area (Å²) in [6.07, 6.45) is 0.210. The molecular weight excluding hydrogens is 314 g/mol. The van der Waals surface area contributed by atoms with Crippen molar-refractivity contribution in [1.29, 1.82) is 0 Å². The molecule has 3 amide bonds. The van der Waals surface area contributed by atoms with E-state index in [-0.39, 0.29) is 29.7 Å². The van der Waals surface area contributed by atoms with Gasteiger partial charge in [0.05, 0.1) is 5.88 Å². The predicted octanol–water partition coefficient (Wildman–Crippen LogP) is 1.35. The van der Waals surface area contributed by atoms with Crippen LogP contribution in [0.4, 0.5) is 0 Å². The van der Waals surface area contributed by atoms with Gasteiger partial charge < -0.3 is 15.5 Å². The van der Waals surface area contributed by atoms with Crippen molar-refractivity contribution in [2.45, 2.75) is 59.5 Å². The minimum absolute atomic E-state index is 0.0804. The molecule has 1 fully saturated rings. The van der Waals surface area contributed by atoms with Gasteiger partial charge in [0.25, 0.3) is 0 Å². The summed E-state index contributed by atoms with van der Waals surface area (Å²) in [6.45, 7) is 11.5. The Hall–Kier alpha value is -1.24. The molecule has 1 unspecified atom stereocenters. The number of rotatable bonds is 4. The van der Waals surface area contributed by atoms with Crippen LogP contribution in [0.15, 0.2) is 0 Å². The van der Waals surface area contributed by atoms with Crippen LogP contribution in [0, 0.1) is 5.41 Å². The molecule has 23 heavy (non-hydrogen) atoms. The van der Waals surface area contributed by atoms with E-state index in [4.69, 9.17) is 0 Å². The summed E-state index contributed by atoms with van der Waals surface area (Å²) in [5.74, 6) is 0.840. The lowest BCUT2D eigenvalue weighted by atomic mass is 9.96. The van der Waals surface area contributed by atoms with Gasteiger partial charge in [-0.3, -0.25) is 14.4 Å². The fourth-order valence-corrected chi connectivity index (χ4v) is 3.23. The lowest BCUT2D eigenvalue weighted by Gasteiger charge is -2.28. The highest BCUT2D eigenvalue weighted by molar-refractivity contribution is 7.99. The predicted molar refractivity (Wildman–Crippen MR) is 92.9 cm³/mol. The van der Waals surface area contributed by atoms with Crippen molar-refractivity contribution in [2.24, 2.45) is 5.41 Å². The Morgan fingerprint density at radius 1 is 1.13 bits per heavy atom. The number of amides is 3. The van der Waals surface area contributed by atoms with Crippen molar-refractivity contribution in [3.8, 4) is 0 Å². The van der Waals surface area contributed by atoms with E-state index in [0.717, 1.165) is 0 Å². The van der Waals surface area contributed by atoms with Crippen LogP contribution in [0.1, 0.15) is 48.0 Å². The third-order valence-electron chi connectivity index (χ3n) is 3.31. The van der Waals surface area contributed by atoms with E-state index >= 15 is 0 Å². The molecule has 0 saturated carbocycles. The summed E-state index contributed by atoms with van der Waals surface area (Å²) in [6, 6.07) is -0.426. The number of carbonyl (C=O) groups is 3. The molecule has 0 spiro atoms. The maximum atomic E-state index is 12.3. The van der Waals surface area contributed by atoms with Crippen LogP contribution in [0.5, 0.6) is 0 Å². The number of nitrogens with one attached hydrogen (secondary N) is 2. The maximum absolute atomic E-state index is 12.3. The summed E-state index contributed by atoms with van der Waals surface area (Å²) in [7, 11) is 0. The summed E-state index contributed by atoms with van der Waals surface area (Å²) in [5.41, 5.74) is -0.790. The molecule has 0 bridgehead atoms. The first kappa shape index (κ1) is 19.8. The van der Waals surface area contributed by atoms with Gasteiger partial charge in [-0.2, -0.15) is 0 Å². The SMILES string of the molecule is CC(C)(C)NC(=O)C1CSCN1C(=O)CCNC(=O)C(C)(C)C. The van der Waals surface area contributed by atoms with Crippen LogP contribution < -0.4 is 10.6 Å². The van der Waals surface area contributed by atoms with Gasteiger partial charge >= 0.3 is 0 Å². The van der Waals surface area contributed by atoms with Crippen LogP contribution >= 0.6 is 11.8 Å². The van der Waals surface area contributed by atoms with Crippen LogP contribution in [0.2, 0.25) is 0 Å². The normalized spacial score (nSPS) is 18.7. The summed E-state index contributed by atoms with van der Waals surface area (Å²) >= 11 is 1.57. The molecule has 7 heteroatoms. The Morgan fingerprint density at radius 3 is 2.26 bits per heavy atom. The van der Waals surface area contributed by atoms with Gasteiger partial charge in [-0.05, 0) is 20.8 Å². The first-order valence-corrected chi connectivity index (χ1v) is 9.05. The zero-order valence-electron chi connectivity index (χ0n) is 15.0. The fraction of sp³-hybridized carbons (Fsp3) is 0.812. The van der Waals surface area contributed by atoms with Crippen molar-refractivity contribution in [3.63, 3.8) is 0 Å². The third kappa shape index (κ3) is 6.41. The summed E-state index contributed by atoms with van der Waals surface area (Å²) < 4.78 is 0. The standard InChI is InChI=1S/C16H29N3O3S/c1-15(2,3)14(22)17-8-7-12(20)19-10-23-9-11(19)13(21)18-16(4,5)6/h11H,7-10H2,1-6H3,(H,17,22)(H,18,21). The van der Waals surface area contributed by atoms with Gasteiger partial charge in [0.15, 0.2) is 0 Å². The first-order chi connectivity index (χ1) is 10.4. The second kappa shape index (κ2) is 7.55. The largest absolute Gasteiger partial charge is 0.355 e. The molecule has 1 heterocycles. The molecule has 2 N–H and O–H groups in total. The van der Waals surface area contributed by atoms with Gasteiger partial charge in [-0.25, -0.2) is 0 Å². The molecule has 0 aromatic carbocycles. The van der Waals surface area contributed by atoms with E-state index in [0.29, 0.717) is 18.2 Å². The Bertz CT molecular complexity index is 466. The average Bonchev–Trinajstić information content (AvgIpc) is 2.84. The quantitative estimate of drug-likeness (QED) is 0.808. The first-order valence-electron chi connectivity index (χ1n) is 7.89. The second-order valence-corrected chi connectivity index (χ2v) is 8.87. The highest BCUT2D eigenvalue weighted by Gasteiger charge is 2.35. The van der Waals surface area contributed by atoms with Crippen LogP contribution in [-0.2, 0) is 14.4 Å². The van der Waals surface area contributed by atoms with E-state index in [1.54, 1.807) is 16.7 Å². The molecule has 0 aliphatic carbocycles. The van der Waals surface area contributed by atoms with Gasteiger partial charge in [0.1, 0.15) is 6.04 Å². The number of hydrogen-bond donors (Lipinski definition) is 2. The molecule has 1 saturated heterocycles. The minimum atomic E-state index is -0.471. The Labute approximate surface area is 143 Å². The van der Waals surface area contributed by atoms with Crippen LogP contribution in [-0.4, -0.2) is 52.4 Å². The minimum Gasteiger partial charge on any atom is -0.355 e. The van der Waals surface area contributed by atoms with E-state index in [2.05, 4.69) is 10.6 Å². The third-order valence-corrected chi connectivity index (χ3v) is 4.32. The smallest absolute Gasteiger partial charge is 0.244 e. The van der Waals surface area contributed by atoms with E-state index in [1.807, 2.05) is 41.5 Å². The molecule has 132 valence electrons. The number of thioether (sulfide) groups is 1. The summed E-state index contributed by atoms with van der Waals surface area (Å²) in [5, 5.41) is 5.69. The summed E-state index contributed by atoms with van der Waals surface area (Å²) in [4.78, 5) is 38.0. The molecule has 0 radical (unpaired) electrons. The molecule has 1 aliphatic rings.